The molecule has 0 spiro atoms. The Morgan fingerprint density at radius 3 is 2.68 bits per heavy atom. The molecule has 4 N–H and O–H groups in total. The third-order valence-electron chi connectivity index (χ3n) is 3.60. The minimum Gasteiger partial charge on any atom is -0.358 e. The van der Waals surface area contributed by atoms with Gasteiger partial charge in [0.05, 0.1) is 16.8 Å². The molecule has 0 aliphatic heterocycles. The summed E-state index contributed by atoms with van der Waals surface area (Å²) in [5, 5.41) is 10.2. The topological polar surface area (TPSA) is 77.6 Å². The molecule has 0 saturated carbocycles. The van der Waals surface area contributed by atoms with Gasteiger partial charge in [0.15, 0.2) is 0 Å². The van der Waals surface area contributed by atoms with Gasteiger partial charge in [-0.05, 0) is 48.2 Å². The number of fused-ring (bicyclic) bond motifs is 1. The molecule has 3 aromatic rings. The fourth-order valence-electron chi connectivity index (χ4n) is 2.40. The monoisotopic (exact) mass is 308 g/mol. The molecule has 4 nitrogen and oxygen atoms in total. The number of H-pyrrole nitrogens is 1. The number of nitrogens with one attached hydrogen (secondary N) is 2. The third-order valence-corrected chi connectivity index (χ3v) is 4.43. The average Bonchev–Trinajstić information content (AvgIpc) is 3.00. The summed E-state index contributed by atoms with van der Waals surface area (Å²) in [6, 6.07) is 14.4. The van der Waals surface area contributed by atoms with Gasteiger partial charge in [0, 0.05) is 23.0 Å². The molecule has 1 heterocycles. The van der Waals surface area contributed by atoms with E-state index in [1.54, 1.807) is 6.20 Å². The number of aromatic amines is 1. The zero-order valence-electron chi connectivity index (χ0n) is 12.2. The van der Waals surface area contributed by atoms with Gasteiger partial charge < -0.3 is 15.4 Å². The van der Waals surface area contributed by atoms with E-state index in [9.17, 15) is 5.26 Å². The predicted molar refractivity (Wildman–Crippen MR) is 91.6 cm³/mol. The van der Waals surface area contributed by atoms with E-state index in [1.807, 2.05) is 43.3 Å². The Balaban J connectivity index is 1.86. The van der Waals surface area contributed by atoms with Crippen LogP contribution in [0.4, 0.5) is 5.69 Å². The number of nitrogens with zero attached hydrogens (tertiary/aromatic N) is 1. The lowest BCUT2D eigenvalue weighted by Gasteiger charge is -2.08. The van der Waals surface area contributed by atoms with Crippen LogP contribution in [0.5, 0.6) is 0 Å². The van der Waals surface area contributed by atoms with Crippen molar-refractivity contribution in [3.8, 4) is 6.07 Å². The molecule has 1 aromatic heterocycles. The van der Waals surface area contributed by atoms with Gasteiger partial charge in [-0.25, -0.2) is 0 Å². The molecule has 2 aromatic carbocycles. The number of rotatable bonds is 4. The van der Waals surface area contributed by atoms with Gasteiger partial charge in [-0.1, -0.05) is 18.2 Å². The van der Waals surface area contributed by atoms with E-state index in [0.717, 1.165) is 32.6 Å². The number of hydrogen-bond acceptors (Lipinski definition) is 4. The van der Waals surface area contributed by atoms with Gasteiger partial charge in [0.1, 0.15) is 6.07 Å². The highest BCUT2D eigenvalue weighted by Gasteiger charge is 2.10. The predicted octanol–water partition coefficient (Wildman–Crippen LogP) is 3.93. The maximum Gasteiger partial charge on any atom is 0.101 e. The fourth-order valence-corrected chi connectivity index (χ4v) is 3.07. The second kappa shape index (κ2) is 6.14. The molecule has 3 rings (SSSR count). The number of nitrogens with two attached hydrogens (primary N) is 1. The molecular formula is C17H16N4S. The Kier molecular flexibility index (Phi) is 4.05. The summed E-state index contributed by atoms with van der Waals surface area (Å²) in [5.41, 5.74) is 10.4. The van der Waals surface area contributed by atoms with Crippen molar-refractivity contribution in [3.05, 3.63) is 59.3 Å². The van der Waals surface area contributed by atoms with Crippen molar-refractivity contribution in [3.63, 3.8) is 0 Å². The molecule has 0 aliphatic rings. The van der Waals surface area contributed by atoms with Gasteiger partial charge >= 0.3 is 0 Å². The normalized spacial score (nSPS) is 10.6. The first-order valence-corrected chi connectivity index (χ1v) is 7.77. The highest BCUT2D eigenvalue weighted by Crippen LogP contribution is 2.31. The Bertz CT molecular complexity index is 843. The Hall–Kier alpha value is -2.42. The highest BCUT2D eigenvalue weighted by atomic mass is 32.2. The number of hydrogen-bond donors (Lipinski definition) is 3. The average molecular weight is 308 g/mol. The lowest BCUT2D eigenvalue weighted by molar-refractivity contribution is 1.07. The smallest absolute Gasteiger partial charge is 0.101 e. The summed E-state index contributed by atoms with van der Waals surface area (Å²) in [6.45, 7) is 2.57. The first-order chi connectivity index (χ1) is 10.7. The van der Waals surface area contributed by atoms with Crippen molar-refractivity contribution in [1.82, 2.24) is 4.98 Å². The van der Waals surface area contributed by atoms with Crippen LogP contribution in [-0.4, -0.2) is 4.98 Å². The second-order valence-electron chi connectivity index (χ2n) is 5.05. The number of aromatic nitrogens is 1. The van der Waals surface area contributed by atoms with Crippen LogP contribution in [-0.2, 0) is 6.54 Å². The van der Waals surface area contributed by atoms with Gasteiger partial charge in [0.2, 0.25) is 0 Å². The van der Waals surface area contributed by atoms with Gasteiger partial charge in [0.25, 0.3) is 0 Å². The van der Waals surface area contributed by atoms with Crippen LogP contribution in [0.1, 0.15) is 16.7 Å². The summed E-state index contributed by atoms with van der Waals surface area (Å²) in [4.78, 5) is 4.30. The van der Waals surface area contributed by atoms with Gasteiger partial charge in [-0.2, -0.15) is 5.26 Å². The second-order valence-corrected chi connectivity index (χ2v) is 5.93. The molecular weight excluding hydrogens is 292 g/mol. The Labute approximate surface area is 133 Å². The molecule has 0 fully saturated rings. The molecule has 0 amide bonds. The first-order valence-electron chi connectivity index (χ1n) is 6.95. The van der Waals surface area contributed by atoms with Crippen molar-refractivity contribution >= 4 is 28.5 Å². The van der Waals surface area contributed by atoms with Gasteiger partial charge in [-0.15, -0.1) is 0 Å². The Morgan fingerprint density at radius 2 is 2.00 bits per heavy atom. The highest BCUT2D eigenvalue weighted by molar-refractivity contribution is 8.00. The largest absolute Gasteiger partial charge is 0.358 e. The molecule has 0 bridgehead atoms. The van der Waals surface area contributed by atoms with Crippen molar-refractivity contribution < 1.29 is 0 Å². The Morgan fingerprint density at radius 1 is 1.23 bits per heavy atom. The minimum atomic E-state index is 0.552. The maximum atomic E-state index is 9.19. The summed E-state index contributed by atoms with van der Waals surface area (Å²) in [5.74, 6) is 0. The standard InChI is InChI=1S/C17H16N4S/c1-11-2-7-15(17-16(11)13(9-19)10-20-17)21-22-14-5-3-12(8-18)4-6-14/h2-7,10,20-21H,8,18H2,1H3. The number of nitriles is 1. The molecule has 0 aliphatic carbocycles. The van der Waals surface area contributed by atoms with E-state index >= 15 is 0 Å². The summed E-state index contributed by atoms with van der Waals surface area (Å²) < 4.78 is 3.35. The molecule has 22 heavy (non-hydrogen) atoms. The van der Waals surface area contributed by atoms with Crippen LogP contribution in [0.3, 0.4) is 0 Å². The molecule has 0 atom stereocenters. The van der Waals surface area contributed by atoms with E-state index in [2.05, 4.69) is 15.8 Å². The summed E-state index contributed by atoms with van der Waals surface area (Å²) in [6.07, 6.45) is 1.75. The zero-order valence-corrected chi connectivity index (χ0v) is 13.0. The molecule has 0 saturated heterocycles. The van der Waals surface area contributed by atoms with Crippen LogP contribution in [0.2, 0.25) is 0 Å². The quantitative estimate of drug-likeness (QED) is 0.638. The van der Waals surface area contributed by atoms with Gasteiger partial charge in [-0.3, -0.25) is 0 Å². The van der Waals surface area contributed by atoms with Crippen LogP contribution >= 0.6 is 11.9 Å². The van der Waals surface area contributed by atoms with Crippen molar-refractivity contribution in [2.75, 3.05) is 4.72 Å². The van der Waals surface area contributed by atoms with Crippen LogP contribution < -0.4 is 10.5 Å². The maximum absolute atomic E-state index is 9.19. The first kappa shape index (κ1) is 14.5. The summed E-state index contributed by atoms with van der Waals surface area (Å²) >= 11 is 1.54. The SMILES string of the molecule is Cc1ccc(NSc2ccc(CN)cc2)c2[nH]cc(C#N)c12. The number of anilines is 1. The summed E-state index contributed by atoms with van der Waals surface area (Å²) in [7, 11) is 0. The molecule has 110 valence electrons. The number of benzene rings is 2. The minimum absolute atomic E-state index is 0.552. The lowest BCUT2D eigenvalue weighted by atomic mass is 10.1. The van der Waals surface area contributed by atoms with E-state index in [1.165, 1.54) is 11.9 Å². The molecule has 5 heteroatoms. The van der Waals surface area contributed by atoms with Crippen LogP contribution in [0.15, 0.2) is 47.5 Å². The number of aryl methyl sites for hydroxylation is 1. The van der Waals surface area contributed by atoms with Crippen molar-refractivity contribution in [2.45, 2.75) is 18.4 Å². The van der Waals surface area contributed by atoms with E-state index in [0.29, 0.717) is 12.1 Å². The van der Waals surface area contributed by atoms with Crippen molar-refractivity contribution in [1.29, 1.82) is 5.26 Å². The molecule has 0 radical (unpaired) electrons. The van der Waals surface area contributed by atoms with Crippen LogP contribution in [0, 0.1) is 18.3 Å². The zero-order chi connectivity index (χ0) is 15.5. The van der Waals surface area contributed by atoms with E-state index < -0.39 is 0 Å². The molecule has 0 unspecified atom stereocenters. The van der Waals surface area contributed by atoms with E-state index in [4.69, 9.17) is 5.73 Å². The van der Waals surface area contributed by atoms with Crippen molar-refractivity contribution in [2.24, 2.45) is 5.73 Å². The fraction of sp³-hybridized carbons (Fsp3) is 0.118. The third kappa shape index (κ3) is 2.67. The lowest BCUT2D eigenvalue weighted by Crippen LogP contribution is -1.95. The van der Waals surface area contributed by atoms with Crippen LogP contribution in [0.25, 0.3) is 10.9 Å². The van der Waals surface area contributed by atoms with E-state index in [-0.39, 0.29) is 0 Å².